The molecule has 0 aromatic carbocycles. The number of carboxylic acids is 1. The average molecular weight is 245 g/mol. The van der Waals surface area contributed by atoms with Gasteiger partial charge in [0.2, 0.25) is 5.16 Å². The normalized spacial score (nSPS) is 13.0. The lowest BCUT2D eigenvalue weighted by Crippen LogP contribution is -2.23. The van der Waals surface area contributed by atoms with Gasteiger partial charge in [0, 0.05) is 6.54 Å². The zero-order chi connectivity index (χ0) is 12.1. The van der Waals surface area contributed by atoms with Crippen LogP contribution >= 0.6 is 11.8 Å². The summed E-state index contributed by atoms with van der Waals surface area (Å²) in [6.45, 7) is 2.78. The van der Waals surface area contributed by atoms with E-state index >= 15 is 0 Å². The van der Waals surface area contributed by atoms with Crippen LogP contribution in [0.4, 0.5) is 0 Å². The van der Waals surface area contributed by atoms with Crippen LogP contribution in [-0.4, -0.2) is 62.6 Å². The number of thioether (sulfide) groups is 1. The van der Waals surface area contributed by atoms with E-state index in [4.69, 9.17) is 5.11 Å². The van der Waals surface area contributed by atoms with E-state index in [0.29, 0.717) is 5.16 Å². The molecule has 1 atom stereocenters. The molecule has 1 aromatic rings. The fourth-order valence-corrected chi connectivity index (χ4v) is 1.98. The number of aliphatic carboxylic acids is 1. The third-order valence-electron chi connectivity index (χ3n) is 1.83. The van der Waals surface area contributed by atoms with E-state index in [1.165, 1.54) is 0 Å². The molecule has 0 saturated heterocycles. The zero-order valence-corrected chi connectivity index (χ0v) is 10.3. The van der Waals surface area contributed by atoms with Crippen LogP contribution in [0.2, 0.25) is 0 Å². The highest BCUT2D eigenvalue weighted by molar-refractivity contribution is 7.99. The summed E-state index contributed by atoms with van der Waals surface area (Å²) in [5.74, 6) is -0.908. The minimum atomic E-state index is -0.875. The molecule has 0 aliphatic heterocycles. The van der Waals surface area contributed by atoms with Gasteiger partial charge >= 0.3 is 5.97 Å². The summed E-state index contributed by atoms with van der Waals surface area (Å²) in [5.41, 5.74) is 0. The first-order valence-corrected chi connectivity index (χ1v) is 5.76. The molecule has 8 heteroatoms. The highest BCUT2D eigenvalue weighted by atomic mass is 32.2. The van der Waals surface area contributed by atoms with Crippen molar-refractivity contribution in [2.45, 2.75) is 18.1 Å². The predicted octanol–water partition coefficient (Wildman–Crippen LogP) is -0.0276. The smallest absolute Gasteiger partial charge is 0.313 e. The van der Waals surface area contributed by atoms with Crippen molar-refractivity contribution >= 4 is 17.7 Å². The maximum Gasteiger partial charge on any atom is 0.313 e. The summed E-state index contributed by atoms with van der Waals surface area (Å²) in [6.07, 6.45) is 0. The highest BCUT2D eigenvalue weighted by Gasteiger charge is 2.14. The Hall–Kier alpha value is -1.15. The molecule has 1 N–H and O–H groups in total. The van der Waals surface area contributed by atoms with Gasteiger partial charge < -0.3 is 10.0 Å². The number of tetrazole rings is 1. The van der Waals surface area contributed by atoms with Gasteiger partial charge in [-0.1, -0.05) is 11.8 Å². The van der Waals surface area contributed by atoms with E-state index in [0.717, 1.165) is 18.3 Å². The molecule has 0 amide bonds. The largest absolute Gasteiger partial charge is 0.481 e. The van der Waals surface area contributed by atoms with Gasteiger partial charge in [-0.2, -0.15) is 0 Å². The fraction of sp³-hybridized carbons (Fsp3) is 0.750. The van der Waals surface area contributed by atoms with E-state index in [-0.39, 0.29) is 11.8 Å². The van der Waals surface area contributed by atoms with Crippen molar-refractivity contribution in [3.8, 4) is 0 Å². The molecule has 7 nitrogen and oxygen atoms in total. The standard InChI is InChI=1S/C8H15N5O2S/c1-6(4-12(2)3)13-8(9-10-11-13)16-5-7(14)15/h6H,4-5H2,1-3H3,(H,14,15). The van der Waals surface area contributed by atoms with Gasteiger partial charge in [0.15, 0.2) is 0 Å². The van der Waals surface area contributed by atoms with Crippen molar-refractivity contribution in [1.29, 1.82) is 0 Å². The molecule has 0 radical (unpaired) electrons. The van der Waals surface area contributed by atoms with Gasteiger partial charge in [0.05, 0.1) is 11.8 Å². The molecule has 0 bridgehead atoms. The second-order valence-corrected chi connectivity index (χ2v) is 4.64. The molecule has 0 spiro atoms. The lowest BCUT2D eigenvalue weighted by molar-refractivity contribution is -0.133. The third kappa shape index (κ3) is 3.78. The monoisotopic (exact) mass is 245 g/mol. The lowest BCUT2D eigenvalue weighted by Gasteiger charge is -2.17. The number of rotatable bonds is 6. The second kappa shape index (κ2) is 5.80. The van der Waals surface area contributed by atoms with Crippen LogP contribution in [-0.2, 0) is 4.79 Å². The first-order valence-electron chi connectivity index (χ1n) is 4.78. The predicted molar refractivity (Wildman–Crippen MR) is 59.4 cm³/mol. The summed E-state index contributed by atoms with van der Waals surface area (Å²) in [5, 5.41) is 20.3. The summed E-state index contributed by atoms with van der Waals surface area (Å²) < 4.78 is 1.65. The number of hydrogen-bond donors (Lipinski definition) is 1. The van der Waals surface area contributed by atoms with Gasteiger partial charge in [-0.15, -0.1) is 5.10 Å². The number of hydrogen-bond acceptors (Lipinski definition) is 6. The SMILES string of the molecule is CC(CN(C)C)n1nnnc1SCC(=O)O. The van der Waals surface area contributed by atoms with E-state index in [1.807, 2.05) is 25.9 Å². The molecular formula is C8H15N5O2S. The number of carbonyl (C=O) groups is 1. The molecule has 1 aromatic heterocycles. The Morgan fingerprint density at radius 1 is 1.62 bits per heavy atom. The summed E-state index contributed by atoms with van der Waals surface area (Å²) in [6, 6.07) is 0.112. The summed E-state index contributed by atoms with van der Waals surface area (Å²) >= 11 is 1.13. The molecule has 90 valence electrons. The van der Waals surface area contributed by atoms with Gasteiger partial charge in [-0.3, -0.25) is 4.79 Å². The van der Waals surface area contributed by atoms with Crippen LogP contribution in [0.1, 0.15) is 13.0 Å². The van der Waals surface area contributed by atoms with Gasteiger partial charge in [0.25, 0.3) is 0 Å². The van der Waals surface area contributed by atoms with Crippen LogP contribution in [0.3, 0.4) is 0 Å². The molecule has 1 unspecified atom stereocenters. The third-order valence-corrected chi connectivity index (χ3v) is 2.75. The maximum absolute atomic E-state index is 10.4. The Morgan fingerprint density at radius 3 is 2.88 bits per heavy atom. The van der Waals surface area contributed by atoms with Crippen molar-refractivity contribution < 1.29 is 9.90 Å². The van der Waals surface area contributed by atoms with Gasteiger partial charge in [0.1, 0.15) is 0 Å². The first kappa shape index (κ1) is 12.9. The Balaban J connectivity index is 2.65. The topological polar surface area (TPSA) is 84.1 Å². The van der Waals surface area contributed by atoms with Crippen LogP contribution in [0.25, 0.3) is 0 Å². The minimum absolute atomic E-state index is 0.0327. The van der Waals surface area contributed by atoms with Crippen LogP contribution in [0.15, 0.2) is 5.16 Å². The van der Waals surface area contributed by atoms with Crippen LogP contribution in [0.5, 0.6) is 0 Å². The number of nitrogens with zero attached hydrogens (tertiary/aromatic N) is 5. The van der Waals surface area contributed by atoms with E-state index in [1.54, 1.807) is 4.68 Å². The quantitative estimate of drug-likeness (QED) is 0.704. The fourth-order valence-electron chi connectivity index (χ4n) is 1.29. The van der Waals surface area contributed by atoms with Crippen molar-refractivity contribution in [2.24, 2.45) is 0 Å². The van der Waals surface area contributed by atoms with E-state index < -0.39 is 5.97 Å². The molecule has 0 saturated carbocycles. The minimum Gasteiger partial charge on any atom is -0.481 e. The van der Waals surface area contributed by atoms with Crippen molar-refractivity contribution in [2.75, 3.05) is 26.4 Å². The van der Waals surface area contributed by atoms with Crippen molar-refractivity contribution in [3.63, 3.8) is 0 Å². The van der Waals surface area contributed by atoms with Gasteiger partial charge in [-0.05, 0) is 31.4 Å². The van der Waals surface area contributed by atoms with Gasteiger partial charge in [-0.25, -0.2) is 4.68 Å². The second-order valence-electron chi connectivity index (χ2n) is 3.70. The lowest BCUT2D eigenvalue weighted by atomic mass is 10.3. The van der Waals surface area contributed by atoms with Crippen LogP contribution in [0, 0.1) is 0 Å². The molecule has 1 heterocycles. The van der Waals surface area contributed by atoms with E-state index in [2.05, 4.69) is 15.5 Å². The molecule has 1 rings (SSSR count). The first-order chi connectivity index (χ1) is 7.50. The molecule has 0 fully saturated rings. The molecular weight excluding hydrogens is 230 g/mol. The Bertz CT molecular complexity index is 354. The Morgan fingerprint density at radius 2 is 2.31 bits per heavy atom. The number of aromatic nitrogens is 4. The van der Waals surface area contributed by atoms with Crippen molar-refractivity contribution in [1.82, 2.24) is 25.1 Å². The molecule has 16 heavy (non-hydrogen) atoms. The summed E-state index contributed by atoms with van der Waals surface area (Å²) in [7, 11) is 3.93. The average Bonchev–Trinajstić information content (AvgIpc) is 2.61. The molecule has 0 aliphatic rings. The maximum atomic E-state index is 10.4. The van der Waals surface area contributed by atoms with E-state index in [9.17, 15) is 4.79 Å². The number of carboxylic acid groups (broad SMARTS) is 1. The Kier molecular flexibility index (Phi) is 4.69. The summed E-state index contributed by atoms with van der Waals surface area (Å²) in [4.78, 5) is 12.5. The Labute approximate surface area is 97.8 Å². The molecule has 0 aliphatic carbocycles. The number of likely N-dealkylation sites (N-methyl/N-ethyl adjacent to an activating group) is 1. The van der Waals surface area contributed by atoms with Crippen molar-refractivity contribution in [3.05, 3.63) is 0 Å². The van der Waals surface area contributed by atoms with Crippen LogP contribution < -0.4 is 0 Å². The zero-order valence-electron chi connectivity index (χ0n) is 9.49. The highest BCUT2D eigenvalue weighted by Crippen LogP contribution is 2.17.